The van der Waals surface area contributed by atoms with E-state index in [0.29, 0.717) is 5.76 Å². The molecule has 2 N–H and O–H groups in total. The highest BCUT2D eigenvalue weighted by Crippen LogP contribution is 2.41. The van der Waals surface area contributed by atoms with E-state index in [1.54, 1.807) is 18.2 Å². The number of furan rings is 1. The molecule has 2 aromatic heterocycles. The van der Waals surface area contributed by atoms with Crippen LogP contribution in [0.5, 0.6) is 0 Å². The van der Waals surface area contributed by atoms with Gasteiger partial charge in [-0.15, -0.1) is 0 Å². The van der Waals surface area contributed by atoms with Crippen LogP contribution in [0.1, 0.15) is 15.9 Å². The van der Waals surface area contributed by atoms with Crippen molar-refractivity contribution < 1.29 is 13.6 Å². The zero-order chi connectivity index (χ0) is 14.6. The zero-order valence-electron chi connectivity index (χ0n) is 10.6. The van der Waals surface area contributed by atoms with Gasteiger partial charge in [0.2, 0.25) is 5.95 Å². The molecule has 0 saturated carbocycles. The van der Waals surface area contributed by atoms with Gasteiger partial charge >= 0.3 is 0 Å². The summed E-state index contributed by atoms with van der Waals surface area (Å²) in [7, 11) is 0. The minimum Gasteiger partial charge on any atom is -0.463 e. The van der Waals surface area contributed by atoms with Gasteiger partial charge in [0.1, 0.15) is 11.5 Å². The largest absolute Gasteiger partial charge is 0.463 e. The first-order valence-corrected chi connectivity index (χ1v) is 6.22. The lowest BCUT2D eigenvalue weighted by Crippen LogP contribution is -2.04. The van der Waals surface area contributed by atoms with Gasteiger partial charge < -0.3 is 10.2 Å². The van der Waals surface area contributed by atoms with Crippen LogP contribution >= 0.6 is 0 Å². The lowest BCUT2D eigenvalue weighted by Gasteiger charge is -2.05. The Hall–Kier alpha value is -3.02. The van der Waals surface area contributed by atoms with Gasteiger partial charge in [0.15, 0.2) is 11.5 Å². The number of benzene rings is 1. The van der Waals surface area contributed by atoms with E-state index in [9.17, 15) is 9.18 Å². The molecule has 6 heteroatoms. The van der Waals surface area contributed by atoms with Crippen molar-refractivity contribution in [3.05, 3.63) is 53.5 Å². The fourth-order valence-electron chi connectivity index (χ4n) is 2.55. The molecule has 0 unspecified atom stereocenters. The third-order valence-electron chi connectivity index (χ3n) is 3.40. The molecule has 0 aliphatic heterocycles. The van der Waals surface area contributed by atoms with Crippen molar-refractivity contribution in [1.82, 2.24) is 9.97 Å². The van der Waals surface area contributed by atoms with Gasteiger partial charge in [-0.1, -0.05) is 12.1 Å². The molecule has 0 amide bonds. The van der Waals surface area contributed by atoms with Crippen molar-refractivity contribution in [2.75, 3.05) is 5.73 Å². The fourth-order valence-corrected chi connectivity index (χ4v) is 2.55. The van der Waals surface area contributed by atoms with Crippen LogP contribution in [-0.2, 0) is 0 Å². The Bertz CT molecular complexity index is 888. The predicted octanol–water partition coefficient (Wildman–Crippen LogP) is 2.67. The summed E-state index contributed by atoms with van der Waals surface area (Å²) in [5.74, 6) is -0.486. The molecule has 0 saturated heterocycles. The van der Waals surface area contributed by atoms with Gasteiger partial charge in [-0.3, -0.25) is 4.79 Å². The van der Waals surface area contributed by atoms with Gasteiger partial charge in [0.05, 0.1) is 17.5 Å². The molecule has 0 spiro atoms. The molecular formula is C15H8FN3O2. The Morgan fingerprint density at radius 3 is 2.62 bits per heavy atom. The topological polar surface area (TPSA) is 82.0 Å². The van der Waals surface area contributed by atoms with E-state index in [4.69, 9.17) is 10.2 Å². The van der Waals surface area contributed by atoms with E-state index in [0.717, 1.165) is 0 Å². The van der Waals surface area contributed by atoms with Crippen LogP contribution in [0.2, 0.25) is 0 Å². The van der Waals surface area contributed by atoms with Crippen molar-refractivity contribution >= 4 is 11.7 Å². The number of carbonyl (C=O) groups excluding carboxylic acids is 1. The predicted molar refractivity (Wildman–Crippen MR) is 73.0 cm³/mol. The van der Waals surface area contributed by atoms with Crippen LogP contribution < -0.4 is 5.73 Å². The number of hydrogen-bond donors (Lipinski definition) is 1. The SMILES string of the molecule is Nc1nc(-c2ccco2)c2c(n1)-c1c(F)cccc1C2=O. The second-order valence-corrected chi connectivity index (χ2v) is 4.62. The monoisotopic (exact) mass is 281 g/mol. The third-order valence-corrected chi connectivity index (χ3v) is 3.40. The van der Waals surface area contributed by atoms with E-state index in [-0.39, 0.29) is 39.8 Å². The maximum absolute atomic E-state index is 14.1. The van der Waals surface area contributed by atoms with Crippen LogP contribution in [0.25, 0.3) is 22.7 Å². The van der Waals surface area contributed by atoms with Crippen molar-refractivity contribution in [2.24, 2.45) is 0 Å². The summed E-state index contributed by atoms with van der Waals surface area (Å²) in [6.07, 6.45) is 1.47. The highest BCUT2D eigenvalue weighted by Gasteiger charge is 2.35. The molecular weight excluding hydrogens is 273 g/mol. The maximum atomic E-state index is 14.1. The van der Waals surface area contributed by atoms with Crippen LogP contribution in [0.3, 0.4) is 0 Å². The van der Waals surface area contributed by atoms with Crippen molar-refractivity contribution in [2.45, 2.75) is 0 Å². The van der Waals surface area contributed by atoms with Gasteiger partial charge in [-0.2, -0.15) is 0 Å². The molecule has 1 aliphatic rings. The normalized spacial score (nSPS) is 12.3. The summed E-state index contributed by atoms with van der Waals surface area (Å²) in [6, 6.07) is 7.67. The minimum absolute atomic E-state index is 0.0379. The van der Waals surface area contributed by atoms with Crippen LogP contribution in [0, 0.1) is 5.82 Å². The van der Waals surface area contributed by atoms with E-state index >= 15 is 0 Å². The molecule has 3 aromatic rings. The van der Waals surface area contributed by atoms with Crippen LogP contribution in [0.4, 0.5) is 10.3 Å². The van der Waals surface area contributed by atoms with E-state index in [1.807, 2.05) is 0 Å². The van der Waals surface area contributed by atoms with Crippen molar-refractivity contribution in [1.29, 1.82) is 0 Å². The zero-order valence-corrected chi connectivity index (χ0v) is 10.6. The first kappa shape index (κ1) is 11.8. The number of nitrogens with zero attached hydrogens (tertiary/aromatic N) is 2. The lowest BCUT2D eigenvalue weighted by molar-refractivity contribution is 0.104. The molecule has 4 rings (SSSR count). The second kappa shape index (κ2) is 3.99. The molecule has 1 aromatic carbocycles. The first-order chi connectivity index (χ1) is 10.2. The molecule has 0 bridgehead atoms. The number of ketones is 1. The summed E-state index contributed by atoms with van der Waals surface area (Å²) in [6.45, 7) is 0. The Labute approximate surface area is 118 Å². The smallest absolute Gasteiger partial charge is 0.221 e. The first-order valence-electron chi connectivity index (χ1n) is 6.22. The average molecular weight is 281 g/mol. The minimum atomic E-state index is -0.511. The van der Waals surface area contributed by atoms with E-state index < -0.39 is 5.82 Å². The van der Waals surface area contributed by atoms with Gasteiger partial charge in [0, 0.05) is 11.1 Å². The van der Waals surface area contributed by atoms with E-state index in [2.05, 4.69) is 9.97 Å². The number of carbonyl (C=O) groups is 1. The molecule has 0 radical (unpaired) electrons. The van der Waals surface area contributed by atoms with Gasteiger partial charge in [-0.25, -0.2) is 14.4 Å². The number of rotatable bonds is 1. The number of nitrogens with two attached hydrogens (primary N) is 1. The van der Waals surface area contributed by atoms with Gasteiger partial charge in [0.25, 0.3) is 0 Å². The summed E-state index contributed by atoms with van der Waals surface area (Å²) in [5, 5.41) is 0. The Kier molecular flexibility index (Phi) is 2.24. The van der Waals surface area contributed by atoms with E-state index in [1.165, 1.54) is 18.4 Å². The summed E-state index contributed by atoms with van der Waals surface area (Å²) >= 11 is 0. The Morgan fingerprint density at radius 1 is 1.05 bits per heavy atom. The standard InChI is InChI=1S/C15H8FN3O2/c16-8-4-1-3-7-10(8)13-11(14(7)20)12(18-15(17)19-13)9-5-2-6-21-9/h1-6H,(H2,17,18,19). The quantitative estimate of drug-likeness (QED) is 0.580. The molecule has 21 heavy (non-hydrogen) atoms. The highest BCUT2D eigenvalue weighted by molar-refractivity contribution is 6.23. The molecule has 0 fully saturated rings. The number of aromatic nitrogens is 2. The van der Waals surface area contributed by atoms with Crippen molar-refractivity contribution in [3.8, 4) is 22.7 Å². The average Bonchev–Trinajstić information content (AvgIpc) is 3.07. The highest BCUT2D eigenvalue weighted by atomic mass is 19.1. The molecule has 102 valence electrons. The number of halogens is 1. The molecule has 5 nitrogen and oxygen atoms in total. The lowest BCUT2D eigenvalue weighted by atomic mass is 10.1. The number of nitrogen functional groups attached to an aromatic ring is 1. The maximum Gasteiger partial charge on any atom is 0.221 e. The molecule has 0 atom stereocenters. The number of fused-ring (bicyclic) bond motifs is 3. The fraction of sp³-hybridized carbons (Fsp3) is 0. The second-order valence-electron chi connectivity index (χ2n) is 4.62. The Morgan fingerprint density at radius 2 is 1.86 bits per heavy atom. The number of anilines is 1. The summed E-state index contributed by atoms with van der Waals surface area (Å²) in [4.78, 5) is 20.7. The summed E-state index contributed by atoms with van der Waals surface area (Å²) in [5.41, 5.74) is 6.84. The Balaban J connectivity index is 2.11. The van der Waals surface area contributed by atoms with Crippen molar-refractivity contribution in [3.63, 3.8) is 0 Å². The number of hydrogen-bond acceptors (Lipinski definition) is 5. The third kappa shape index (κ3) is 1.53. The van der Waals surface area contributed by atoms with Crippen LogP contribution in [-0.4, -0.2) is 15.8 Å². The summed E-state index contributed by atoms with van der Waals surface area (Å²) < 4.78 is 19.4. The molecule has 1 aliphatic carbocycles. The molecule has 2 heterocycles. The van der Waals surface area contributed by atoms with Gasteiger partial charge in [-0.05, 0) is 18.2 Å². The van der Waals surface area contributed by atoms with Crippen LogP contribution in [0.15, 0.2) is 41.0 Å².